The fourth-order valence-corrected chi connectivity index (χ4v) is 1.79. The summed E-state index contributed by atoms with van der Waals surface area (Å²) in [6.45, 7) is 0. The van der Waals surface area contributed by atoms with Crippen molar-refractivity contribution >= 4 is 17.4 Å². The average Bonchev–Trinajstić information content (AvgIpc) is 2.40. The summed E-state index contributed by atoms with van der Waals surface area (Å²) in [5.74, 6) is -0.662. The zero-order chi connectivity index (χ0) is 11.7. The Labute approximate surface area is 92.3 Å². The highest BCUT2D eigenvalue weighted by atomic mass is 16.3. The molecule has 2 rings (SSSR count). The highest BCUT2D eigenvalue weighted by Gasteiger charge is 2.25. The zero-order valence-corrected chi connectivity index (χ0v) is 8.56. The number of ketones is 1. The van der Waals surface area contributed by atoms with Crippen molar-refractivity contribution in [1.29, 1.82) is 0 Å². The first-order valence-electron chi connectivity index (χ1n) is 5.00. The number of amides is 1. The number of para-hydroxylation sites is 1. The van der Waals surface area contributed by atoms with Crippen LogP contribution in [0.2, 0.25) is 0 Å². The predicted molar refractivity (Wildman–Crippen MR) is 58.3 cm³/mol. The molecule has 0 spiro atoms. The van der Waals surface area contributed by atoms with Gasteiger partial charge in [-0.25, -0.2) is 0 Å². The van der Waals surface area contributed by atoms with E-state index in [2.05, 4.69) is 5.32 Å². The van der Waals surface area contributed by atoms with Gasteiger partial charge in [0.05, 0.1) is 5.69 Å². The van der Waals surface area contributed by atoms with Crippen molar-refractivity contribution in [2.75, 3.05) is 5.32 Å². The number of Topliss-reactive ketones (excluding diaryl/α,β-unsaturated/α-hetero) is 1. The van der Waals surface area contributed by atoms with Gasteiger partial charge in [0.1, 0.15) is 11.8 Å². The molecule has 84 valence electrons. The van der Waals surface area contributed by atoms with Crippen molar-refractivity contribution in [3.63, 3.8) is 0 Å². The van der Waals surface area contributed by atoms with Crippen LogP contribution >= 0.6 is 0 Å². The first-order valence-corrected chi connectivity index (χ1v) is 5.00. The lowest BCUT2D eigenvalue weighted by atomic mass is 10.1. The smallest absolute Gasteiger partial charge is 0.239 e. The number of rotatable bonds is 1. The number of phenols is 1. The minimum absolute atomic E-state index is 0.0426. The second-order valence-electron chi connectivity index (χ2n) is 3.76. The first kappa shape index (κ1) is 10.5. The van der Waals surface area contributed by atoms with Crippen LogP contribution in [0.25, 0.3) is 0 Å². The van der Waals surface area contributed by atoms with E-state index < -0.39 is 11.9 Å². The predicted octanol–water partition coefficient (Wildman–Crippen LogP) is 0.634. The van der Waals surface area contributed by atoms with Gasteiger partial charge in [0.25, 0.3) is 0 Å². The maximum absolute atomic E-state index is 11.7. The summed E-state index contributed by atoms with van der Waals surface area (Å²) < 4.78 is 0. The normalized spacial score (nSPS) is 19.5. The third-order valence-corrected chi connectivity index (χ3v) is 2.66. The van der Waals surface area contributed by atoms with Gasteiger partial charge in [-0.05, 0) is 18.6 Å². The lowest BCUT2D eigenvalue weighted by molar-refractivity contribution is -0.118. The number of aromatic hydroxyl groups is 1. The SMILES string of the molecule is NC(=O)[C@H]1CCC(=O)c2cccc(O)c2N1. The summed E-state index contributed by atoms with van der Waals surface area (Å²) in [5, 5.41) is 12.4. The van der Waals surface area contributed by atoms with Gasteiger partial charge in [0, 0.05) is 12.0 Å². The number of nitrogens with one attached hydrogen (secondary N) is 1. The van der Waals surface area contributed by atoms with E-state index in [1.807, 2.05) is 0 Å². The number of primary amides is 1. The molecule has 1 aromatic carbocycles. The van der Waals surface area contributed by atoms with Crippen molar-refractivity contribution in [1.82, 2.24) is 0 Å². The van der Waals surface area contributed by atoms with Gasteiger partial charge in [-0.2, -0.15) is 0 Å². The van der Waals surface area contributed by atoms with Gasteiger partial charge in [-0.1, -0.05) is 6.07 Å². The number of phenolic OH excluding ortho intramolecular Hbond substituents is 1. The Morgan fingerprint density at radius 1 is 1.50 bits per heavy atom. The molecule has 1 aliphatic rings. The van der Waals surface area contributed by atoms with Crippen LogP contribution in [0.15, 0.2) is 18.2 Å². The van der Waals surface area contributed by atoms with Crippen molar-refractivity contribution in [2.45, 2.75) is 18.9 Å². The Bertz CT molecular complexity index is 457. The van der Waals surface area contributed by atoms with Crippen molar-refractivity contribution in [2.24, 2.45) is 5.73 Å². The number of carbonyl (C=O) groups is 2. The van der Waals surface area contributed by atoms with Crippen LogP contribution in [0, 0.1) is 0 Å². The third-order valence-electron chi connectivity index (χ3n) is 2.66. The van der Waals surface area contributed by atoms with Crippen molar-refractivity contribution in [3.05, 3.63) is 23.8 Å². The summed E-state index contributed by atoms with van der Waals surface area (Å²) in [5.41, 5.74) is 5.90. The van der Waals surface area contributed by atoms with E-state index in [0.29, 0.717) is 17.7 Å². The Morgan fingerprint density at radius 2 is 2.25 bits per heavy atom. The fourth-order valence-electron chi connectivity index (χ4n) is 1.79. The Hall–Kier alpha value is -2.04. The van der Waals surface area contributed by atoms with Crippen LogP contribution in [0.4, 0.5) is 5.69 Å². The summed E-state index contributed by atoms with van der Waals surface area (Å²) >= 11 is 0. The molecule has 1 heterocycles. The maximum Gasteiger partial charge on any atom is 0.239 e. The van der Waals surface area contributed by atoms with Crippen LogP contribution in [0.5, 0.6) is 5.75 Å². The van der Waals surface area contributed by atoms with Gasteiger partial charge < -0.3 is 16.2 Å². The molecule has 0 fully saturated rings. The van der Waals surface area contributed by atoms with E-state index in [4.69, 9.17) is 5.73 Å². The highest BCUT2D eigenvalue weighted by molar-refractivity contribution is 6.04. The Balaban J connectivity index is 2.46. The number of hydrogen-bond acceptors (Lipinski definition) is 4. The molecule has 0 unspecified atom stereocenters. The molecule has 0 saturated carbocycles. The molecule has 5 heteroatoms. The molecule has 5 nitrogen and oxygen atoms in total. The van der Waals surface area contributed by atoms with Crippen LogP contribution in [-0.4, -0.2) is 22.8 Å². The van der Waals surface area contributed by atoms with Crippen LogP contribution in [0.1, 0.15) is 23.2 Å². The first-order chi connectivity index (χ1) is 7.59. The molecule has 1 aromatic rings. The van der Waals surface area contributed by atoms with Crippen LogP contribution < -0.4 is 11.1 Å². The van der Waals surface area contributed by atoms with E-state index in [0.717, 1.165) is 0 Å². The largest absolute Gasteiger partial charge is 0.506 e. The van der Waals surface area contributed by atoms with Crippen LogP contribution in [-0.2, 0) is 4.79 Å². The molecule has 0 aliphatic carbocycles. The topological polar surface area (TPSA) is 92.4 Å². The molecule has 1 aliphatic heterocycles. The standard InChI is InChI=1S/C11H12N2O3/c12-11(16)7-4-5-8(14)6-2-1-3-9(15)10(6)13-7/h1-3,7,13,15H,4-5H2,(H2,12,16)/t7-/m1/s1. The minimum Gasteiger partial charge on any atom is -0.506 e. The summed E-state index contributed by atoms with van der Waals surface area (Å²) in [7, 11) is 0. The molecular weight excluding hydrogens is 208 g/mol. The summed E-state index contributed by atoms with van der Waals surface area (Å²) in [4.78, 5) is 22.8. The van der Waals surface area contributed by atoms with E-state index in [1.165, 1.54) is 6.07 Å². The Kier molecular flexibility index (Phi) is 2.52. The van der Waals surface area contributed by atoms with E-state index in [1.54, 1.807) is 12.1 Å². The summed E-state index contributed by atoms with van der Waals surface area (Å²) in [6.07, 6.45) is 0.597. The van der Waals surface area contributed by atoms with Crippen molar-refractivity contribution in [3.8, 4) is 5.75 Å². The van der Waals surface area contributed by atoms with Crippen molar-refractivity contribution < 1.29 is 14.7 Å². The Morgan fingerprint density at radius 3 is 2.94 bits per heavy atom. The van der Waals surface area contributed by atoms with Gasteiger partial charge in [-0.3, -0.25) is 9.59 Å². The molecule has 16 heavy (non-hydrogen) atoms. The molecule has 0 radical (unpaired) electrons. The highest BCUT2D eigenvalue weighted by Crippen LogP contribution is 2.31. The second kappa shape index (κ2) is 3.84. The molecular formula is C11H12N2O3. The van der Waals surface area contributed by atoms with Gasteiger partial charge >= 0.3 is 0 Å². The van der Waals surface area contributed by atoms with Gasteiger partial charge in [0.2, 0.25) is 5.91 Å². The number of carbonyl (C=O) groups excluding carboxylic acids is 2. The molecule has 0 bridgehead atoms. The number of fused-ring (bicyclic) bond motifs is 1. The third kappa shape index (κ3) is 1.71. The number of nitrogens with two attached hydrogens (primary N) is 1. The summed E-state index contributed by atoms with van der Waals surface area (Å²) in [6, 6.07) is 4.06. The monoisotopic (exact) mass is 220 g/mol. The average molecular weight is 220 g/mol. The minimum atomic E-state index is -0.613. The maximum atomic E-state index is 11.7. The lowest BCUT2D eigenvalue weighted by Gasteiger charge is -2.14. The second-order valence-corrected chi connectivity index (χ2v) is 3.76. The molecule has 0 saturated heterocycles. The quantitative estimate of drug-likeness (QED) is 0.605. The molecule has 0 aromatic heterocycles. The fraction of sp³-hybridized carbons (Fsp3) is 0.273. The molecule has 1 atom stereocenters. The number of benzene rings is 1. The van der Waals surface area contributed by atoms with E-state index >= 15 is 0 Å². The molecule has 4 N–H and O–H groups in total. The van der Waals surface area contributed by atoms with Crippen LogP contribution in [0.3, 0.4) is 0 Å². The number of anilines is 1. The van der Waals surface area contributed by atoms with Gasteiger partial charge in [0.15, 0.2) is 5.78 Å². The van der Waals surface area contributed by atoms with E-state index in [-0.39, 0.29) is 18.0 Å². The lowest BCUT2D eigenvalue weighted by Crippen LogP contribution is -2.34. The number of hydrogen-bond donors (Lipinski definition) is 3. The van der Waals surface area contributed by atoms with E-state index in [9.17, 15) is 14.7 Å². The van der Waals surface area contributed by atoms with Gasteiger partial charge in [-0.15, -0.1) is 0 Å². The molecule has 1 amide bonds. The zero-order valence-electron chi connectivity index (χ0n) is 8.56.